The van der Waals surface area contributed by atoms with Crippen LogP contribution in [0.2, 0.25) is 0 Å². The molecule has 0 amide bonds. The minimum Gasteiger partial charge on any atom is -0.391 e. The van der Waals surface area contributed by atoms with Gasteiger partial charge in [0.25, 0.3) is 0 Å². The minimum absolute atomic E-state index is 0.00836. The van der Waals surface area contributed by atoms with Crippen LogP contribution < -0.4 is 0 Å². The Hall–Kier alpha value is -0.330. The standard InChI is InChI=1S/C11H20F3NO2/c1-4-7(2)15-5-9(16)10(11(12,13)14)8(15)6-17-3/h7-10,16H,4-6H2,1-3H3. The Morgan fingerprint density at radius 2 is 2.06 bits per heavy atom. The highest BCUT2D eigenvalue weighted by Gasteiger charge is 2.55. The number of likely N-dealkylation sites (tertiary alicyclic amines) is 1. The fourth-order valence-corrected chi connectivity index (χ4v) is 2.48. The Morgan fingerprint density at radius 3 is 2.47 bits per heavy atom. The van der Waals surface area contributed by atoms with Crippen molar-refractivity contribution in [3.05, 3.63) is 0 Å². The first-order valence-corrected chi connectivity index (χ1v) is 5.82. The zero-order valence-corrected chi connectivity index (χ0v) is 10.4. The van der Waals surface area contributed by atoms with E-state index in [4.69, 9.17) is 4.74 Å². The van der Waals surface area contributed by atoms with Crippen molar-refractivity contribution in [1.82, 2.24) is 4.90 Å². The summed E-state index contributed by atoms with van der Waals surface area (Å²) in [4.78, 5) is 1.70. The van der Waals surface area contributed by atoms with Gasteiger partial charge in [0, 0.05) is 25.7 Å². The van der Waals surface area contributed by atoms with E-state index in [1.807, 2.05) is 13.8 Å². The summed E-state index contributed by atoms with van der Waals surface area (Å²) in [6.07, 6.45) is -4.99. The number of aliphatic hydroxyl groups excluding tert-OH is 1. The number of nitrogens with zero attached hydrogens (tertiary/aromatic N) is 1. The van der Waals surface area contributed by atoms with Crippen molar-refractivity contribution in [2.45, 2.75) is 44.6 Å². The topological polar surface area (TPSA) is 32.7 Å². The maximum Gasteiger partial charge on any atom is 0.395 e. The molecule has 0 radical (unpaired) electrons. The predicted molar refractivity (Wildman–Crippen MR) is 57.7 cm³/mol. The van der Waals surface area contributed by atoms with E-state index >= 15 is 0 Å². The Morgan fingerprint density at radius 1 is 1.47 bits per heavy atom. The van der Waals surface area contributed by atoms with Gasteiger partial charge in [0.2, 0.25) is 0 Å². The third kappa shape index (κ3) is 3.11. The molecule has 1 rings (SSSR count). The minimum atomic E-state index is -4.38. The highest BCUT2D eigenvalue weighted by atomic mass is 19.4. The summed E-state index contributed by atoms with van der Waals surface area (Å²) in [6, 6.07) is -0.776. The SMILES string of the molecule is CCC(C)N1CC(O)C(C(F)(F)F)C1COC. The third-order valence-corrected chi connectivity index (χ3v) is 3.53. The Bertz CT molecular complexity index is 247. The largest absolute Gasteiger partial charge is 0.395 e. The van der Waals surface area contributed by atoms with Gasteiger partial charge in [-0.05, 0) is 13.3 Å². The lowest BCUT2D eigenvalue weighted by Crippen LogP contribution is -2.46. The number of halogens is 3. The average molecular weight is 255 g/mol. The van der Waals surface area contributed by atoms with Crippen LogP contribution in [0.25, 0.3) is 0 Å². The number of hydrogen-bond acceptors (Lipinski definition) is 3. The van der Waals surface area contributed by atoms with Crippen molar-refractivity contribution in [2.75, 3.05) is 20.3 Å². The molecule has 4 unspecified atom stereocenters. The van der Waals surface area contributed by atoms with Gasteiger partial charge in [-0.25, -0.2) is 0 Å². The lowest BCUT2D eigenvalue weighted by molar-refractivity contribution is -0.201. The van der Waals surface area contributed by atoms with Crippen molar-refractivity contribution < 1.29 is 23.0 Å². The molecule has 0 aliphatic carbocycles. The van der Waals surface area contributed by atoms with Crippen LogP contribution in [0.15, 0.2) is 0 Å². The zero-order chi connectivity index (χ0) is 13.2. The number of rotatable bonds is 4. The summed E-state index contributed by atoms with van der Waals surface area (Å²) in [5.74, 6) is -1.71. The molecular formula is C11H20F3NO2. The van der Waals surface area contributed by atoms with Gasteiger partial charge >= 0.3 is 6.18 Å². The monoisotopic (exact) mass is 255 g/mol. The Labute approximate surface area is 99.5 Å². The maximum absolute atomic E-state index is 12.9. The van der Waals surface area contributed by atoms with Gasteiger partial charge in [0.15, 0.2) is 0 Å². The fraction of sp³-hybridized carbons (Fsp3) is 1.00. The highest BCUT2D eigenvalue weighted by Crippen LogP contribution is 2.39. The van der Waals surface area contributed by atoms with Crippen LogP contribution in [0.3, 0.4) is 0 Å². The Balaban J connectivity index is 2.90. The predicted octanol–water partition coefficient (Wildman–Crippen LogP) is 1.65. The quantitative estimate of drug-likeness (QED) is 0.829. The van der Waals surface area contributed by atoms with Crippen LogP contribution in [0.1, 0.15) is 20.3 Å². The first-order valence-electron chi connectivity index (χ1n) is 5.82. The average Bonchev–Trinajstić information content (AvgIpc) is 2.54. The molecule has 102 valence electrons. The van der Waals surface area contributed by atoms with Crippen LogP contribution in [0, 0.1) is 5.92 Å². The van der Waals surface area contributed by atoms with E-state index in [0.29, 0.717) is 0 Å². The van der Waals surface area contributed by atoms with E-state index in [1.54, 1.807) is 4.90 Å². The van der Waals surface area contributed by atoms with Crippen LogP contribution in [-0.2, 0) is 4.74 Å². The summed E-state index contributed by atoms with van der Waals surface area (Å²) in [6.45, 7) is 3.84. The van der Waals surface area contributed by atoms with E-state index in [0.717, 1.165) is 6.42 Å². The van der Waals surface area contributed by atoms with E-state index < -0.39 is 24.2 Å². The molecule has 1 heterocycles. The van der Waals surface area contributed by atoms with Crippen LogP contribution in [0.4, 0.5) is 13.2 Å². The summed E-state index contributed by atoms with van der Waals surface area (Å²) in [5, 5.41) is 9.62. The molecule has 1 fully saturated rings. The summed E-state index contributed by atoms with van der Waals surface area (Å²) in [5.41, 5.74) is 0. The molecule has 0 saturated carbocycles. The number of alkyl halides is 3. The molecule has 6 heteroatoms. The second-order valence-corrected chi connectivity index (χ2v) is 4.61. The van der Waals surface area contributed by atoms with E-state index in [2.05, 4.69) is 0 Å². The van der Waals surface area contributed by atoms with Gasteiger partial charge < -0.3 is 9.84 Å². The molecule has 0 bridgehead atoms. The molecule has 17 heavy (non-hydrogen) atoms. The van der Waals surface area contributed by atoms with Gasteiger partial charge in [0.05, 0.1) is 18.6 Å². The van der Waals surface area contributed by atoms with Gasteiger partial charge in [-0.2, -0.15) is 13.2 Å². The molecule has 0 spiro atoms. The second-order valence-electron chi connectivity index (χ2n) is 4.61. The van der Waals surface area contributed by atoms with E-state index in [-0.39, 0.29) is 19.2 Å². The molecule has 0 aromatic heterocycles. The van der Waals surface area contributed by atoms with Gasteiger partial charge in [-0.15, -0.1) is 0 Å². The number of methoxy groups -OCH3 is 1. The molecule has 0 aromatic carbocycles. The number of β-amino-alcohol motifs (C(OH)–C–C–N with tert-alkyl or cyclic N) is 1. The van der Waals surface area contributed by atoms with Crippen LogP contribution in [-0.4, -0.2) is 54.6 Å². The first-order chi connectivity index (χ1) is 7.82. The second kappa shape index (κ2) is 5.54. The number of ether oxygens (including phenoxy) is 1. The van der Waals surface area contributed by atoms with Crippen molar-refractivity contribution in [3.8, 4) is 0 Å². The zero-order valence-electron chi connectivity index (χ0n) is 10.4. The smallest absolute Gasteiger partial charge is 0.391 e. The molecule has 0 aromatic rings. The lowest BCUT2D eigenvalue weighted by atomic mass is 9.97. The molecule has 3 nitrogen and oxygen atoms in total. The van der Waals surface area contributed by atoms with Gasteiger partial charge in [-0.1, -0.05) is 6.92 Å². The maximum atomic E-state index is 12.9. The van der Waals surface area contributed by atoms with Crippen molar-refractivity contribution in [1.29, 1.82) is 0 Å². The Kier molecular flexibility index (Phi) is 4.80. The summed E-state index contributed by atoms with van der Waals surface area (Å²) >= 11 is 0. The lowest BCUT2D eigenvalue weighted by Gasteiger charge is -2.32. The summed E-state index contributed by atoms with van der Waals surface area (Å²) < 4.78 is 43.5. The first kappa shape index (κ1) is 14.7. The molecule has 1 N–H and O–H groups in total. The number of hydrogen-bond donors (Lipinski definition) is 1. The summed E-state index contributed by atoms with van der Waals surface area (Å²) in [7, 11) is 1.38. The molecule has 1 saturated heterocycles. The molecule has 4 atom stereocenters. The molecular weight excluding hydrogens is 235 g/mol. The molecule has 1 aliphatic heterocycles. The number of aliphatic hydroxyl groups is 1. The van der Waals surface area contributed by atoms with Crippen molar-refractivity contribution in [2.24, 2.45) is 5.92 Å². The highest BCUT2D eigenvalue weighted by molar-refractivity contribution is 4.98. The van der Waals surface area contributed by atoms with Gasteiger partial charge in [0.1, 0.15) is 0 Å². The molecule has 1 aliphatic rings. The van der Waals surface area contributed by atoms with Crippen molar-refractivity contribution >= 4 is 0 Å². The normalized spacial score (nSPS) is 33.0. The van der Waals surface area contributed by atoms with E-state index in [9.17, 15) is 18.3 Å². The van der Waals surface area contributed by atoms with Crippen LogP contribution in [0.5, 0.6) is 0 Å². The fourth-order valence-electron chi connectivity index (χ4n) is 2.48. The van der Waals surface area contributed by atoms with Crippen LogP contribution >= 0.6 is 0 Å². The van der Waals surface area contributed by atoms with Gasteiger partial charge in [-0.3, -0.25) is 4.90 Å². The van der Waals surface area contributed by atoms with Crippen molar-refractivity contribution in [3.63, 3.8) is 0 Å². The third-order valence-electron chi connectivity index (χ3n) is 3.53. The van der Waals surface area contributed by atoms with E-state index in [1.165, 1.54) is 7.11 Å².